The summed E-state index contributed by atoms with van der Waals surface area (Å²) in [5, 5.41) is 0. The number of ether oxygens (including phenoxy) is 1. The molecule has 2 aliphatic rings. The van der Waals surface area contributed by atoms with Crippen LogP contribution in [-0.4, -0.2) is 46.7 Å². The molecule has 0 N–H and O–H groups in total. The molecule has 0 unspecified atom stereocenters. The van der Waals surface area contributed by atoms with Gasteiger partial charge in [-0.3, -0.25) is 4.90 Å². The first kappa shape index (κ1) is 19.0. The minimum absolute atomic E-state index is 0.0577. The third-order valence-electron chi connectivity index (χ3n) is 4.93. The zero-order chi connectivity index (χ0) is 19.2. The summed E-state index contributed by atoms with van der Waals surface area (Å²) < 4.78 is 43.5. The number of hydrogen-bond donors (Lipinski definition) is 0. The lowest BCUT2D eigenvalue weighted by Crippen LogP contribution is -2.56. The summed E-state index contributed by atoms with van der Waals surface area (Å²) in [6, 6.07) is 5.34. The van der Waals surface area contributed by atoms with Crippen molar-refractivity contribution in [3.63, 3.8) is 0 Å². The highest BCUT2D eigenvalue weighted by atomic mass is 19.4. The Bertz CT molecular complexity index is 661. The maximum Gasteiger partial charge on any atom is 0.416 e. The van der Waals surface area contributed by atoms with Crippen molar-refractivity contribution in [1.82, 2.24) is 9.80 Å². The molecule has 3 rings (SSSR count). The Kier molecular flexibility index (Phi) is 4.71. The summed E-state index contributed by atoms with van der Waals surface area (Å²) in [5.74, 6) is 0. The maximum absolute atomic E-state index is 12.7. The van der Waals surface area contributed by atoms with Gasteiger partial charge in [-0.2, -0.15) is 13.2 Å². The van der Waals surface area contributed by atoms with Crippen LogP contribution in [0.25, 0.3) is 0 Å². The fraction of sp³-hybridized carbons (Fsp3) is 0.632. The Morgan fingerprint density at radius 3 is 2.23 bits per heavy atom. The summed E-state index contributed by atoms with van der Waals surface area (Å²) in [6.07, 6.45) is -2.62. The van der Waals surface area contributed by atoms with E-state index < -0.39 is 17.3 Å². The van der Waals surface area contributed by atoms with E-state index in [-0.39, 0.29) is 11.6 Å². The number of carbonyl (C=O) groups excluding carboxylic acids is 1. The van der Waals surface area contributed by atoms with E-state index in [1.807, 2.05) is 20.8 Å². The molecule has 1 aromatic carbocycles. The average Bonchev–Trinajstić information content (AvgIpc) is 3.27. The van der Waals surface area contributed by atoms with Gasteiger partial charge >= 0.3 is 12.3 Å². The lowest BCUT2D eigenvalue weighted by atomic mass is 10.1. The second-order valence-electron chi connectivity index (χ2n) is 8.24. The van der Waals surface area contributed by atoms with Crippen LogP contribution in [0.5, 0.6) is 0 Å². The molecular formula is C19H25F3N2O2. The number of hydrogen-bond acceptors (Lipinski definition) is 3. The molecule has 0 bridgehead atoms. The fourth-order valence-electron chi connectivity index (χ4n) is 3.38. The Morgan fingerprint density at radius 1 is 1.12 bits per heavy atom. The van der Waals surface area contributed by atoms with Crippen LogP contribution >= 0.6 is 0 Å². The van der Waals surface area contributed by atoms with Gasteiger partial charge in [0.25, 0.3) is 0 Å². The predicted molar refractivity (Wildman–Crippen MR) is 91.6 cm³/mol. The topological polar surface area (TPSA) is 32.8 Å². The van der Waals surface area contributed by atoms with Gasteiger partial charge in [0.1, 0.15) is 5.60 Å². The molecule has 144 valence electrons. The van der Waals surface area contributed by atoms with E-state index in [0.29, 0.717) is 26.2 Å². The van der Waals surface area contributed by atoms with E-state index in [0.717, 1.165) is 30.5 Å². The molecule has 1 spiro atoms. The van der Waals surface area contributed by atoms with Crippen LogP contribution in [0, 0.1) is 0 Å². The largest absolute Gasteiger partial charge is 0.444 e. The molecule has 1 aliphatic heterocycles. The molecule has 26 heavy (non-hydrogen) atoms. The number of alkyl halides is 3. The number of rotatable bonds is 2. The van der Waals surface area contributed by atoms with Crippen molar-refractivity contribution in [3.8, 4) is 0 Å². The summed E-state index contributed by atoms with van der Waals surface area (Å²) in [6.45, 7) is 8.01. The zero-order valence-corrected chi connectivity index (χ0v) is 15.4. The van der Waals surface area contributed by atoms with Crippen LogP contribution in [0.15, 0.2) is 24.3 Å². The van der Waals surface area contributed by atoms with Gasteiger partial charge in [-0.05, 0) is 51.3 Å². The van der Waals surface area contributed by atoms with Crippen molar-refractivity contribution < 1.29 is 22.7 Å². The smallest absolute Gasteiger partial charge is 0.416 e. The number of nitrogens with zero attached hydrogens (tertiary/aromatic N) is 2. The van der Waals surface area contributed by atoms with Gasteiger partial charge in [-0.15, -0.1) is 0 Å². The van der Waals surface area contributed by atoms with E-state index in [2.05, 4.69) is 4.90 Å². The highest BCUT2D eigenvalue weighted by molar-refractivity contribution is 5.68. The van der Waals surface area contributed by atoms with Crippen LogP contribution in [0.2, 0.25) is 0 Å². The summed E-state index contributed by atoms with van der Waals surface area (Å²) in [4.78, 5) is 16.3. The second kappa shape index (κ2) is 6.44. The maximum atomic E-state index is 12.7. The number of carbonyl (C=O) groups is 1. The highest BCUT2D eigenvalue weighted by Crippen LogP contribution is 2.45. The number of benzene rings is 1. The first-order chi connectivity index (χ1) is 12.0. The molecule has 2 fully saturated rings. The summed E-state index contributed by atoms with van der Waals surface area (Å²) >= 11 is 0. The van der Waals surface area contributed by atoms with Crippen molar-refractivity contribution in [1.29, 1.82) is 0 Å². The van der Waals surface area contributed by atoms with E-state index in [9.17, 15) is 18.0 Å². The lowest BCUT2D eigenvalue weighted by Gasteiger charge is -2.42. The molecule has 1 aliphatic carbocycles. The minimum Gasteiger partial charge on any atom is -0.444 e. The normalized spacial score (nSPS) is 20.3. The standard InChI is InChI=1S/C19H25F3N2O2/c1-17(2,3)26-16(25)23-10-11-24(18(13-23)8-9-18)12-14-4-6-15(7-5-14)19(20,21)22/h4-7H,8-13H2,1-3H3. The van der Waals surface area contributed by atoms with E-state index in [1.165, 1.54) is 0 Å². The van der Waals surface area contributed by atoms with Gasteiger partial charge in [-0.25, -0.2) is 4.79 Å². The van der Waals surface area contributed by atoms with E-state index in [4.69, 9.17) is 4.74 Å². The van der Waals surface area contributed by atoms with Gasteiger partial charge in [0, 0.05) is 31.7 Å². The Labute approximate surface area is 151 Å². The van der Waals surface area contributed by atoms with Crippen molar-refractivity contribution in [3.05, 3.63) is 35.4 Å². The minimum atomic E-state index is -4.31. The SMILES string of the molecule is CC(C)(C)OC(=O)N1CCN(Cc2ccc(C(F)(F)F)cc2)C2(CC2)C1. The third kappa shape index (κ3) is 4.31. The molecule has 0 radical (unpaired) electrons. The van der Waals surface area contributed by atoms with Crippen LogP contribution < -0.4 is 0 Å². The van der Waals surface area contributed by atoms with Crippen molar-refractivity contribution >= 4 is 6.09 Å². The molecule has 7 heteroatoms. The predicted octanol–water partition coefficient (Wildman–Crippen LogP) is 4.29. The van der Waals surface area contributed by atoms with Crippen molar-refractivity contribution in [2.24, 2.45) is 0 Å². The molecule has 1 aromatic rings. The van der Waals surface area contributed by atoms with Crippen molar-refractivity contribution in [2.45, 2.75) is 57.5 Å². The molecule has 0 atom stereocenters. The fourth-order valence-corrected chi connectivity index (χ4v) is 3.38. The van der Waals surface area contributed by atoms with Crippen LogP contribution in [-0.2, 0) is 17.5 Å². The van der Waals surface area contributed by atoms with Crippen molar-refractivity contribution in [2.75, 3.05) is 19.6 Å². The highest BCUT2D eigenvalue weighted by Gasteiger charge is 2.52. The number of amides is 1. The lowest BCUT2D eigenvalue weighted by molar-refractivity contribution is -0.137. The number of halogens is 3. The van der Waals surface area contributed by atoms with Gasteiger partial charge in [0.15, 0.2) is 0 Å². The van der Waals surface area contributed by atoms with E-state index >= 15 is 0 Å². The van der Waals surface area contributed by atoms with Crippen LogP contribution in [0.4, 0.5) is 18.0 Å². The molecule has 1 amide bonds. The molecule has 1 heterocycles. The summed E-state index contributed by atoms with van der Waals surface area (Å²) in [7, 11) is 0. The zero-order valence-electron chi connectivity index (χ0n) is 15.4. The first-order valence-electron chi connectivity index (χ1n) is 8.88. The average molecular weight is 370 g/mol. The Morgan fingerprint density at radius 2 is 1.73 bits per heavy atom. The van der Waals surface area contributed by atoms with Gasteiger partial charge in [0.2, 0.25) is 0 Å². The monoisotopic (exact) mass is 370 g/mol. The third-order valence-corrected chi connectivity index (χ3v) is 4.93. The molecular weight excluding hydrogens is 345 g/mol. The number of piperazine rings is 1. The van der Waals surface area contributed by atoms with Crippen LogP contribution in [0.1, 0.15) is 44.7 Å². The second-order valence-corrected chi connectivity index (χ2v) is 8.24. The molecule has 1 saturated heterocycles. The Balaban J connectivity index is 1.62. The van der Waals surface area contributed by atoms with Crippen LogP contribution in [0.3, 0.4) is 0 Å². The molecule has 0 aromatic heterocycles. The van der Waals surface area contributed by atoms with E-state index in [1.54, 1.807) is 17.0 Å². The first-order valence-corrected chi connectivity index (χ1v) is 8.88. The van der Waals surface area contributed by atoms with Gasteiger partial charge in [-0.1, -0.05) is 12.1 Å². The Hall–Kier alpha value is -1.76. The summed E-state index contributed by atoms with van der Waals surface area (Å²) in [5.41, 5.74) is -0.352. The van der Waals surface area contributed by atoms with Gasteiger partial charge in [0.05, 0.1) is 5.56 Å². The molecule has 1 saturated carbocycles. The van der Waals surface area contributed by atoms with Gasteiger partial charge < -0.3 is 9.64 Å². The molecule has 4 nitrogen and oxygen atoms in total. The quantitative estimate of drug-likeness (QED) is 0.779.